The first-order chi connectivity index (χ1) is 6.99. The molecule has 0 spiro atoms. The van der Waals surface area contributed by atoms with Gasteiger partial charge in [-0.15, -0.1) is 0 Å². The van der Waals surface area contributed by atoms with E-state index in [0.717, 1.165) is 6.07 Å². The van der Waals surface area contributed by atoms with Crippen LogP contribution in [-0.2, 0) is 7.05 Å². The fraction of sp³-hybridized carbons (Fsp3) is 0.286. The van der Waals surface area contributed by atoms with Crippen molar-refractivity contribution in [2.24, 2.45) is 12.2 Å². The topological polar surface area (TPSA) is 114 Å². The highest BCUT2D eigenvalue weighted by Gasteiger charge is 2.22. The van der Waals surface area contributed by atoms with E-state index in [2.05, 4.69) is 10.0 Å². The summed E-state index contributed by atoms with van der Waals surface area (Å²) in [6.07, 6.45) is 0. The lowest BCUT2D eigenvalue weighted by atomic mass is 10.3. The van der Waals surface area contributed by atoms with Crippen LogP contribution in [0.2, 0.25) is 0 Å². The zero-order valence-electron chi connectivity index (χ0n) is 8.04. The van der Waals surface area contributed by atoms with Gasteiger partial charge in [0, 0.05) is 24.9 Å². The Bertz CT molecular complexity index is 483. The predicted molar refractivity (Wildman–Crippen MR) is 50.9 cm³/mol. The van der Waals surface area contributed by atoms with Gasteiger partial charge in [0.15, 0.2) is 11.6 Å². The third kappa shape index (κ3) is 1.79. The molecule has 8 heteroatoms. The molecule has 1 aromatic rings. The molecule has 0 fully saturated rings. The minimum Gasteiger partial charge on any atom is -0.334 e. The molecule has 8 nitrogen and oxygen atoms in total. The summed E-state index contributed by atoms with van der Waals surface area (Å²) in [6.45, 7) is 1.28. The molecule has 78 valence electrons. The summed E-state index contributed by atoms with van der Waals surface area (Å²) >= 11 is 0. The summed E-state index contributed by atoms with van der Waals surface area (Å²) in [5.41, 5.74) is 7.99. The number of rotatable bonds is 3. The van der Waals surface area contributed by atoms with Gasteiger partial charge < -0.3 is 4.57 Å². The number of Topliss-reactive ketones (excluding diaryl/α,β-unsaturated/α-hetero) is 1. The van der Waals surface area contributed by atoms with Crippen molar-refractivity contribution in [1.82, 2.24) is 4.57 Å². The highest BCUT2D eigenvalue weighted by atomic mass is 16.6. The predicted octanol–water partition coefficient (Wildman–Crippen LogP) is 2.08. The standard InChI is InChI=1S/C7H7N5O3/c1-4(13)5-3-6(12(14)15)7(9-10-8)11(5)2/h3H,1-2H3. The molecular formula is C7H7N5O3. The lowest BCUT2D eigenvalue weighted by molar-refractivity contribution is -0.384. The SMILES string of the molecule is CC(=O)c1cc([N+](=O)[O-])c(N=[N+]=[N-])n1C. The van der Waals surface area contributed by atoms with Crippen molar-refractivity contribution in [2.45, 2.75) is 6.92 Å². The molecule has 0 saturated heterocycles. The summed E-state index contributed by atoms with van der Waals surface area (Å²) in [5, 5.41) is 13.8. The smallest absolute Gasteiger partial charge is 0.297 e. The molecule has 15 heavy (non-hydrogen) atoms. The van der Waals surface area contributed by atoms with E-state index >= 15 is 0 Å². The Balaban J connectivity index is 3.52. The molecule has 0 bridgehead atoms. The molecule has 0 saturated carbocycles. The van der Waals surface area contributed by atoms with Crippen molar-refractivity contribution in [2.75, 3.05) is 0 Å². The largest absolute Gasteiger partial charge is 0.334 e. The van der Waals surface area contributed by atoms with Gasteiger partial charge in [0.1, 0.15) is 0 Å². The van der Waals surface area contributed by atoms with Crippen LogP contribution in [0.25, 0.3) is 10.4 Å². The molecular weight excluding hydrogens is 202 g/mol. The molecule has 0 aromatic carbocycles. The van der Waals surface area contributed by atoms with E-state index in [1.807, 2.05) is 0 Å². The number of ketones is 1. The lowest BCUT2D eigenvalue weighted by Crippen LogP contribution is -2.00. The van der Waals surface area contributed by atoms with Gasteiger partial charge in [0.05, 0.1) is 10.6 Å². The van der Waals surface area contributed by atoms with E-state index in [-0.39, 0.29) is 23.0 Å². The second kappa shape index (κ2) is 3.81. The summed E-state index contributed by atoms with van der Waals surface area (Å²) in [7, 11) is 1.42. The number of carbonyl (C=O) groups excluding carboxylic acids is 1. The van der Waals surface area contributed by atoms with Crippen LogP contribution in [0.4, 0.5) is 11.5 Å². The summed E-state index contributed by atoms with van der Waals surface area (Å²) < 4.78 is 1.19. The Kier molecular flexibility index (Phi) is 2.72. The summed E-state index contributed by atoms with van der Waals surface area (Å²) in [6, 6.07) is 1.09. The average Bonchev–Trinajstić information content (AvgIpc) is 2.45. The highest BCUT2D eigenvalue weighted by Crippen LogP contribution is 2.30. The first kappa shape index (κ1) is 10.7. The van der Waals surface area contributed by atoms with Crippen LogP contribution >= 0.6 is 0 Å². The third-order valence-corrected chi connectivity index (χ3v) is 1.88. The number of nitrogens with zero attached hydrogens (tertiary/aromatic N) is 5. The van der Waals surface area contributed by atoms with Crippen molar-refractivity contribution in [1.29, 1.82) is 0 Å². The van der Waals surface area contributed by atoms with Gasteiger partial charge >= 0.3 is 0 Å². The van der Waals surface area contributed by atoms with Crippen molar-refractivity contribution in [3.8, 4) is 0 Å². The monoisotopic (exact) mass is 209 g/mol. The van der Waals surface area contributed by atoms with Crippen LogP contribution in [0.15, 0.2) is 11.2 Å². The molecule has 0 amide bonds. The van der Waals surface area contributed by atoms with E-state index in [1.165, 1.54) is 18.5 Å². The van der Waals surface area contributed by atoms with Crippen molar-refractivity contribution in [3.63, 3.8) is 0 Å². The Labute approximate surface area is 83.9 Å². The molecule has 0 aliphatic carbocycles. The third-order valence-electron chi connectivity index (χ3n) is 1.88. The minimum absolute atomic E-state index is 0.129. The van der Waals surface area contributed by atoms with Gasteiger partial charge in [-0.2, -0.15) is 0 Å². The normalized spacial score (nSPS) is 9.47. The minimum atomic E-state index is -0.698. The van der Waals surface area contributed by atoms with Crippen LogP contribution in [0, 0.1) is 10.1 Å². The molecule has 0 N–H and O–H groups in total. The number of nitro groups is 1. The van der Waals surface area contributed by atoms with Crippen LogP contribution in [-0.4, -0.2) is 15.3 Å². The fourth-order valence-electron chi connectivity index (χ4n) is 1.21. The van der Waals surface area contributed by atoms with Gasteiger partial charge in [0.2, 0.25) is 0 Å². The Morgan fingerprint density at radius 3 is 2.73 bits per heavy atom. The van der Waals surface area contributed by atoms with Crippen LogP contribution < -0.4 is 0 Å². The summed E-state index contributed by atoms with van der Waals surface area (Å²) in [4.78, 5) is 23.4. The van der Waals surface area contributed by atoms with Gasteiger partial charge in [-0.1, -0.05) is 0 Å². The van der Waals surface area contributed by atoms with Crippen LogP contribution in [0.3, 0.4) is 0 Å². The second-order valence-corrected chi connectivity index (χ2v) is 2.80. The van der Waals surface area contributed by atoms with E-state index in [1.54, 1.807) is 0 Å². The Morgan fingerprint density at radius 2 is 2.33 bits per heavy atom. The molecule has 0 atom stereocenters. The van der Waals surface area contributed by atoms with Crippen LogP contribution in [0.5, 0.6) is 0 Å². The Morgan fingerprint density at radius 1 is 1.73 bits per heavy atom. The number of hydrogen-bond donors (Lipinski definition) is 0. The summed E-state index contributed by atoms with van der Waals surface area (Å²) in [5.74, 6) is -0.507. The number of aromatic nitrogens is 1. The molecule has 1 rings (SSSR count). The molecule has 1 aromatic heterocycles. The van der Waals surface area contributed by atoms with E-state index in [9.17, 15) is 14.9 Å². The zero-order chi connectivity index (χ0) is 11.6. The fourth-order valence-corrected chi connectivity index (χ4v) is 1.21. The van der Waals surface area contributed by atoms with Gasteiger partial charge in [-0.3, -0.25) is 14.9 Å². The van der Waals surface area contributed by atoms with Gasteiger partial charge in [-0.25, -0.2) is 0 Å². The van der Waals surface area contributed by atoms with Crippen LogP contribution in [0.1, 0.15) is 17.4 Å². The maximum atomic E-state index is 11.1. The molecule has 0 radical (unpaired) electrons. The molecule has 0 aliphatic heterocycles. The molecule has 0 aliphatic rings. The van der Waals surface area contributed by atoms with Crippen molar-refractivity contribution < 1.29 is 9.72 Å². The number of hydrogen-bond acceptors (Lipinski definition) is 4. The maximum Gasteiger partial charge on any atom is 0.297 e. The number of carbonyl (C=O) groups is 1. The van der Waals surface area contributed by atoms with Gasteiger partial charge in [0.25, 0.3) is 5.69 Å². The Hall–Kier alpha value is -2.34. The van der Waals surface area contributed by atoms with Crippen molar-refractivity contribution in [3.05, 3.63) is 32.3 Å². The highest BCUT2D eigenvalue weighted by molar-refractivity contribution is 5.94. The average molecular weight is 209 g/mol. The lowest BCUT2D eigenvalue weighted by Gasteiger charge is -1.98. The van der Waals surface area contributed by atoms with Crippen molar-refractivity contribution >= 4 is 17.3 Å². The maximum absolute atomic E-state index is 11.1. The van der Waals surface area contributed by atoms with E-state index < -0.39 is 4.92 Å². The zero-order valence-corrected chi connectivity index (χ0v) is 8.04. The second-order valence-electron chi connectivity index (χ2n) is 2.80. The number of azide groups is 1. The van der Waals surface area contributed by atoms with Gasteiger partial charge in [-0.05, 0) is 10.6 Å². The van der Waals surface area contributed by atoms with E-state index in [4.69, 9.17) is 5.53 Å². The molecule has 1 heterocycles. The first-order valence-electron chi connectivity index (χ1n) is 3.89. The quantitative estimate of drug-likeness (QED) is 0.189. The first-order valence-corrected chi connectivity index (χ1v) is 3.89. The molecule has 0 unspecified atom stereocenters. The van der Waals surface area contributed by atoms with E-state index in [0.29, 0.717) is 0 Å².